The number of carbonyl (C=O) groups excluding carboxylic acids is 1. The van der Waals surface area contributed by atoms with Crippen molar-refractivity contribution in [3.8, 4) is 10.6 Å². The molecule has 3 heterocycles. The van der Waals surface area contributed by atoms with Crippen LogP contribution < -0.4 is 16.0 Å². The van der Waals surface area contributed by atoms with Crippen LogP contribution in [0.3, 0.4) is 0 Å². The van der Waals surface area contributed by atoms with Crippen LogP contribution in [0.15, 0.2) is 24.4 Å². The molecule has 3 N–H and O–H groups in total. The lowest BCUT2D eigenvalue weighted by Gasteiger charge is -2.24. The first-order valence-corrected chi connectivity index (χ1v) is 10.6. The summed E-state index contributed by atoms with van der Waals surface area (Å²) >= 11 is 0.820. The van der Waals surface area contributed by atoms with Gasteiger partial charge in [0.1, 0.15) is 33.5 Å². The third-order valence-corrected chi connectivity index (χ3v) is 6.02. The monoisotopic (exact) mass is 450 g/mol. The Balaban J connectivity index is 1.61. The van der Waals surface area contributed by atoms with E-state index in [0.29, 0.717) is 24.5 Å². The highest BCUT2D eigenvalue weighted by Gasteiger charge is 2.26. The standard InChI is InChI=1S/C20H21F3N6OS/c1-28-20(29-8-3-2-5-11(21)10-29)14(9-25-28)26-18(30)16-17(24)31-19(27-16)15-12(22)6-4-7-13(15)23/h4,6-7,9,11H,2-3,5,8,10,24H2,1H3,(H,26,30)/t11-/m0/s1. The van der Waals surface area contributed by atoms with Crippen molar-refractivity contribution in [2.45, 2.75) is 25.4 Å². The van der Waals surface area contributed by atoms with Gasteiger partial charge in [-0.15, -0.1) is 0 Å². The number of benzene rings is 1. The average molecular weight is 450 g/mol. The van der Waals surface area contributed by atoms with Gasteiger partial charge in [0.15, 0.2) is 11.5 Å². The molecule has 7 nitrogen and oxygen atoms in total. The zero-order valence-electron chi connectivity index (χ0n) is 16.7. The maximum absolute atomic E-state index is 14.1. The number of aromatic nitrogens is 3. The van der Waals surface area contributed by atoms with Gasteiger partial charge in [0, 0.05) is 13.6 Å². The molecular weight excluding hydrogens is 429 g/mol. The van der Waals surface area contributed by atoms with Crippen LogP contribution in [0.25, 0.3) is 10.6 Å². The molecule has 0 radical (unpaired) electrons. The number of carbonyl (C=O) groups is 1. The number of alkyl halides is 1. The summed E-state index contributed by atoms with van der Waals surface area (Å²) < 4.78 is 43.9. The summed E-state index contributed by atoms with van der Waals surface area (Å²) in [5.74, 6) is -1.65. The Labute approximate surface area is 180 Å². The molecule has 11 heteroatoms. The first-order chi connectivity index (χ1) is 14.8. The molecule has 1 aliphatic heterocycles. The smallest absolute Gasteiger partial charge is 0.277 e. The lowest BCUT2D eigenvalue weighted by Crippen LogP contribution is -2.31. The molecule has 164 valence electrons. The van der Waals surface area contributed by atoms with Gasteiger partial charge >= 0.3 is 0 Å². The number of thiazole rings is 1. The van der Waals surface area contributed by atoms with Crippen LogP contribution in [-0.4, -0.2) is 39.9 Å². The zero-order chi connectivity index (χ0) is 22.1. The molecule has 1 amide bonds. The molecule has 0 bridgehead atoms. The summed E-state index contributed by atoms with van der Waals surface area (Å²) in [4.78, 5) is 18.8. The van der Waals surface area contributed by atoms with E-state index in [9.17, 15) is 18.0 Å². The van der Waals surface area contributed by atoms with Gasteiger partial charge in [-0.25, -0.2) is 18.2 Å². The second kappa shape index (κ2) is 8.58. The Morgan fingerprint density at radius 3 is 2.77 bits per heavy atom. The molecule has 0 spiro atoms. The fourth-order valence-electron chi connectivity index (χ4n) is 3.66. The quantitative estimate of drug-likeness (QED) is 0.628. The van der Waals surface area contributed by atoms with Crippen LogP contribution in [0.4, 0.5) is 29.7 Å². The van der Waals surface area contributed by atoms with Crippen LogP contribution in [0.5, 0.6) is 0 Å². The Morgan fingerprint density at radius 2 is 2.03 bits per heavy atom. The molecule has 31 heavy (non-hydrogen) atoms. The maximum Gasteiger partial charge on any atom is 0.277 e. The van der Waals surface area contributed by atoms with E-state index in [0.717, 1.165) is 36.3 Å². The van der Waals surface area contributed by atoms with Crippen LogP contribution in [-0.2, 0) is 7.05 Å². The largest absolute Gasteiger partial charge is 0.389 e. The van der Waals surface area contributed by atoms with Gasteiger partial charge < -0.3 is 16.0 Å². The van der Waals surface area contributed by atoms with E-state index in [1.54, 1.807) is 11.7 Å². The van der Waals surface area contributed by atoms with E-state index in [4.69, 9.17) is 5.73 Å². The predicted octanol–water partition coefficient (Wildman–Crippen LogP) is 3.98. The summed E-state index contributed by atoms with van der Waals surface area (Å²) in [5.41, 5.74) is 5.83. The molecule has 0 saturated carbocycles. The summed E-state index contributed by atoms with van der Waals surface area (Å²) in [6.45, 7) is 0.844. The van der Waals surface area contributed by atoms with E-state index >= 15 is 0 Å². The lowest BCUT2D eigenvalue weighted by atomic mass is 10.2. The first-order valence-electron chi connectivity index (χ1n) is 9.78. The van der Waals surface area contributed by atoms with Gasteiger partial charge in [-0.2, -0.15) is 5.10 Å². The molecule has 4 rings (SSSR count). The summed E-state index contributed by atoms with van der Waals surface area (Å²) in [6, 6.07) is 3.46. The lowest BCUT2D eigenvalue weighted by molar-refractivity contribution is 0.102. The molecule has 0 unspecified atom stereocenters. The van der Waals surface area contributed by atoms with E-state index in [-0.39, 0.29) is 27.8 Å². The van der Waals surface area contributed by atoms with Gasteiger partial charge in [0.05, 0.1) is 18.3 Å². The molecule has 0 aliphatic carbocycles. The number of amides is 1. The SMILES string of the molecule is Cn1ncc(NC(=O)c2nc(-c3c(F)cccc3F)sc2N)c1N1CCCC[C@H](F)C1. The second-order valence-corrected chi connectivity index (χ2v) is 8.36. The fraction of sp³-hybridized carbons (Fsp3) is 0.350. The average Bonchev–Trinajstić information content (AvgIpc) is 3.18. The van der Waals surface area contributed by atoms with Crippen molar-refractivity contribution in [2.24, 2.45) is 7.05 Å². The summed E-state index contributed by atoms with van der Waals surface area (Å²) in [6.07, 6.45) is 2.62. The number of nitrogen functional groups attached to an aromatic ring is 1. The number of anilines is 3. The number of rotatable bonds is 4. The van der Waals surface area contributed by atoms with E-state index in [1.807, 2.05) is 4.90 Å². The predicted molar refractivity (Wildman–Crippen MR) is 114 cm³/mol. The minimum Gasteiger partial charge on any atom is -0.389 e. The van der Waals surface area contributed by atoms with Crippen LogP contribution in [0, 0.1) is 11.6 Å². The van der Waals surface area contributed by atoms with Crippen molar-refractivity contribution in [1.29, 1.82) is 0 Å². The fourth-order valence-corrected chi connectivity index (χ4v) is 4.54. The van der Waals surface area contributed by atoms with Crippen LogP contribution in [0.1, 0.15) is 29.8 Å². The molecule has 1 aromatic carbocycles. The Morgan fingerprint density at radius 1 is 1.29 bits per heavy atom. The highest BCUT2D eigenvalue weighted by molar-refractivity contribution is 7.19. The molecule has 1 atom stereocenters. The normalized spacial score (nSPS) is 16.9. The number of halogens is 3. The zero-order valence-corrected chi connectivity index (χ0v) is 17.6. The minimum absolute atomic E-state index is 0.0270. The number of nitrogens with one attached hydrogen (secondary N) is 1. The molecule has 3 aromatic rings. The Bertz CT molecular complexity index is 1090. The number of hydrogen-bond acceptors (Lipinski definition) is 6. The highest BCUT2D eigenvalue weighted by Crippen LogP contribution is 2.34. The second-order valence-electron chi connectivity index (χ2n) is 7.33. The van der Waals surface area contributed by atoms with Crippen molar-refractivity contribution >= 4 is 33.8 Å². The van der Waals surface area contributed by atoms with E-state index in [1.165, 1.54) is 12.3 Å². The van der Waals surface area contributed by atoms with Crippen molar-refractivity contribution in [3.63, 3.8) is 0 Å². The number of aryl methyl sites for hydroxylation is 1. The Kier molecular flexibility index (Phi) is 5.86. The van der Waals surface area contributed by atoms with Gasteiger partial charge in [0.25, 0.3) is 5.91 Å². The van der Waals surface area contributed by atoms with Crippen molar-refractivity contribution in [2.75, 3.05) is 29.0 Å². The number of nitrogens with two attached hydrogens (primary N) is 1. The van der Waals surface area contributed by atoms with Crippen LogP contribution in [0.2, 0.25) is 0 Å². The van der Waals surface area contributed by atoms with Gasteiger partial charge in [-0.05, 0) is 31.4 Å². The summed E-state index contributed by atoms with van der Waals surface area (Å²) in [5, 5.41) is 6.88. The molecule has 1 fully saturated rings. The van der Waals surface area contributed by atoms with Gasteiger partial charge in [-0.3, -0.25) is 9.48 Å². The maximum atomic E-state index is 14.1. The molecule has 2 aromatic heterocycles. The van der Waals surface area contributed by atoms with E-state index < -0.39 is 23.7 Å². The first kappa shape index (κ1) is 21.2. The van der Waals surface area contributed by atoms with Crippen molar-refractivity contribution in [3.05, 3.63) is 41.7 Å². The third kappa shape index (κ3) is 4.22. The Hall–Kier alpha value is -3.08. The highest BCUT2D eigenvalue weighted by atomic mass is 32.1. The minimum atomic E-state index is -0.964. The van der Waals surface area contributed by atoms with E-state index in [2.05, 4.69) is 15.4 Å². The molecule has 1 saturated heterocycles. The molecular formula is C20H21F3N6OS. The van der Waals surface area contributed by atoms with Crippen molar-refractivity contribution in [1.82, 2.24) is 14.8 Å². The van der Waals surface area contributed by atoms with Crippen molar-refractivity contribution < 1.29 is 18.0 Å². The van der Waals surface area contributed by atoms with Gasteiger partial charge in [-0.1, -0.05) is 17.4 Å². The number of nitrogens with zero attached hydrogens (tertiary/aromatic N) is 4. The topological polar surface area (TPSA) is 89.1 Å². The summed E-state index contributed by atoms with van der Waals surface area (Å²) in [7, 11) is 1.71. The number of hydrogen-bond donors (Lipinski definition) is 2. The molecule has 1 aliphatic rings. The van der Waals surface area contributed by atoms with Crippen LogP contribution >= 0.6 is 11.3 Å². The van der Waals surface area contributed by atoms with Gasteiger partial charge in [0.2, 0.25) is 0 Å². The third-order valence-electron chi connectivity index (χ3n) is 5.11.